The van der Waals surface area contributed by atoms with Gasteiger partial charge in [0.2, 0.25) is 0 Å². The molecule has 1 aliphatic rings. The van der Waals surface area contributed by atoms with Crippen LogP contribution < -0.4 is 5.32 Å². The molecule has 1 N–H and O–H groups in total. The summed E-state index contributed by atoms with van der Waals surface area (Å²) in [6, 6.07) is 4.56. The number of benzene rings is 1. The van der Waals surface area contributed by atoms with Crippen molar-refractivity contribution in [3.63, 3.8) is 0 Å². The Morgan fingerprint density at radius 2 is 2.11 bits per heavy atom. The second-order valence-corrected chi connectivity index (χ2v) is 6.15. The van der Waals surface area contributed by atoms with Crippen molar-refractivity contribution in [1.82, 2.24) is 5.32 Å². The van der Waals surface area contributed by atoms with E-state index in [0.29, 0.717) is 11.0 Å². The predicted octanol–water partition coefficient (Wildman–Crippen LogP) is 3.90. The van der Waals surface area contributed by atoms with Crippen molar-refractivity contribution in [2.75, 3.05) is 6.54 Å². The highest BCUT2D eigenvalue weighted by Gasteiger charge is 2.29. The molecule has 0 aliphatic heterocycles. The largest absolute Gasteiger partial charge is 0.351 e. The van der Waals surface area contributed by atoms with Crippen molar-refractivity contribution in [1.29, 1.82) is 0 Å². The molecule has 0 bridgehead atoms. The third-order valence-corrected chi connectivity index (χ3v) is 4.34. The average Bonchev–Trinajstić information content (AvgIpc) is 2.74. The smallest absolute Gasteiger partial charge is 0.255 e. The van der Waals surface area contributed by atoms with E-state index in [1.807, 2.05) is 0 Å². The maximum Gasteiger partial charge on any atom is 0.255 e. The van der Waals surface area contributed by atoms with E-state index in [0.717, 1.165) is 12.8 Å². The number of hydrogen-bond acceptors (Lipinski definition) is 1. The molecule has 98 valence electrons. The van der Waals surface area contributed by atoms with Crippen molar-refractivity contribution >= 4 is 21.8 Å². The van der Waals surface area contributed by atoms with Crippen LogP contribution in [0.3, 0.4) is 0 Å². The fourth-order valence-corrected chi connectivity index (χ4v) is 3.02. The van der Waals surface area contributed by atoms with Gasteiger partial charge in [0.25, 0.3) is 5.91 Å². The molecule has 1 aromatic carbocycles. The van der Waals surface area contributed by atoms with Gasteiger partial charge in [-0.3, -0.25) is 4.79 Å². The van der Waals surface area contributed by atoms with Crippen molar-refractivity contribution in [3.8, 4) is 0 Å². The van der Waals surface area contributed by atoms with Crippen LogP contribution in [-0.2, 0) is 0 Å². The van der Waals surface area contributed by atoms with E-state index in [2.05, 4.69) is 28.2 Å². The van der Waals surface area contributed by atoms with Gasteiger partial charge in [0, 0.05) is 11.0 Å². The van der Waals surface area contributed by atoms with Crippen LogP contribution in [0.25, 0.3) is 0 Å². The summed E-state index contributed by atoms with van der Waals surface area (Å²) >= 11 is 3.21. The minimum atomic E-state index is -0.488. The predicted molar refractivity (Wildman–Crippen MR) is 73.0 cm³/mol. The molecule has 1 aromatic rings. The highest BCUT2D eigenvalue weighted by Crippen LogP contribution is 2.36. The Hall–Kier alpha value is -0.900. The molecule has 1 amide bonds. The minimum absolute atomic E-state index is 0.0964. The summed E-state index contributed by atoms with van der Waals surface area (Å²) in [5, 5.41) is 2.85. The molecule has 0 spiro atoms. The molecule has 0 unspecified atom stereocenters. The van der Waals surface area contributed by atoms with Gasteiger partial charge < -0.3 is 5.32 Å². The lowest BCUT2D eigenvalue weighted by atomic mass is 9.89. The Balaban J connectivity index is 2.04. The molecule has 2 nitrogen and oxygen atoms in total. The summed E-state index contributed by atoms with van der Waals surface area (Å²) in [5.74, 6) is -0.827. The molecule has 18 heavy (non-hydrogen) atoms. The summed E-state index contributed by atoms with van der Waals surface area (Å²) in [5.41, 5.74) is 0.270. The summed E-state index contributed by atoms with van der Waals surface area (Å²) in [7, 11) is 0. The first kappa shape index (κ1) is 13.5. The van der Waals surface area contributed by atoms with Crippen LogP contribution in [0.15, 0.2) is 22.7 Å². The summed E-state index contributed by atoms with van der Waals surface area (Å²) in [4.78, 5) is 12.0. The lowest BCUT2D eigenvalue weighted by Crippen LogP contribution is -2.34. The quantitative estimate of drug-likeness (QED) is 0.901. The maximum atomic E-state index is 13.6. The van der Waals surface area contributed by atoms with Gasteiger partial charge in [0.1, 0.15) is 5.82 Å². The zero-order valence-corrected chi connectivity index (χ0v) is 12.0. The summed E-state index contributed by atoms with van der Waals surface area (Å²) in [6.07, 6.45) is 4.70. The molecule has 1 aliphatic carbocycles. The molecular formula is C14H17BrFNO. The van der Waals surface area contributed by atoms with Crippen molar-refractivity contribution in [2.45, 2.75) is 32.6 Å². The third-order valence-electron chi connectivity index (χ3n) is 3.68. The fraction of sp³-hybridized carbons (Fsp3) is 0.500. The van der Waals surface area contributed by atoms with Gasteiger partial charge in [0.15, 0.2) is 0 Å². The maximum absolute atomic E-state index is 13.6. The molecule has 1 saturated carbocycles. The number of carbonyl (C=O) groups excluding carboxylic acids is 1. The van der Waals surface area contributed by atoms with E-state index in [-0.39, 0.29) is 16.9 Å². The second kappa shape index (κ2) is 5.39. The average molecular weight is 314 g/mol. The Bertz CT molecular complexity index is 435. The highest BCUT2D eigenvalue weighted by atomic mass is 79.9. The van der Waals surface area contributed by atoms with Crippen LogP contribution in [0, 0.1) is 11.2 Å². The van der Waals surface area contributed by atoms with Gasteiger partial charge >= 0.3 is 0 Å². The number of rotatable bonds is 3. The van der Waals surface area contributed by atoms with Gasteiger partial charge in [0.05, 0.1) is 5.56 Å². The van der Waals surface area contributed by atoms with Gasteiger partial charge in [-0.2, -0.15) is 0 Å². The van der Waals surface area contributed by atoms with E-state index >= 15 is 0 Å². The Kier molecular flexibility index (Phi) is 4.05. The van der Waals surface area contributed by atoms with Crippen LogP contribution in [0.4, 0.5) is 4.39 Å². The van der Waals surface area contributed by atoms with Crippen molar-refractivity contribution in [3.05, 3.63) is 34.1 Å². The van der Waals surface area contributed by atoms with Crippen molar-refractivity contribution in [2.24, 2.45) is 5.41 Å². The molecule has 0 saturated heterocycles. The van der Waals surface area contributed by atoms with Crippen LogP contribution in [0.5, 0.6) is 0 Å². The fourth-order valence-electron chi connectivity index (χ4n) is 2.50. The van der Waals surface area contributed by atoms with Gasteiger partial charge in [-0.15, -0.1) is 0 Å². The molecule has 0 aromatic heterocycles. The van der Waals surface area contributed by atoms with E-state index in [9.17, 15) is 9.18 Å². The molecular weight excluding hydrogens is 297 g/mol. The van der Waals surface area contributed by atoms with Crippen LogP contribution in [0.1, 0.15) is 43.0 Å². The van der Waals surface area contributed by atoms with Gasteiger partial charge in [-0.25, -0.2) is 4.39 Å². The SMILES string of the molecule is CC1(CNC(=O)c2c(F)cccc2Br)CCCC1. The number of hydrogen-bond donors (Lipinski definition) is 1. The molecule has 0 heterocycles. The molecule has 4 heteroatoms. The second-order valence-electron chi connectivity index (χ2n) is 5.30. The van der Waals surface area contributed by atoms with E-state index in [4.69, 9.17) is 0 Å². The van der Waals surface area contributed by atoms with Crippen LogP contribution >= 0.6 is 15.9 Å². The monoisotopic (exact) mass is 313 g/mol. The highest BCUT2D eigenvalue weighted by molar-refractivity contribution is 9.10. The number of carbonyl (C=O) groups is 1. The topological polar surface area (TPSA) is 29.1 Å². The molecule has 0 radical (unpaired) electrons. The van der Waals surface area contributed by atoms with Crippen LogP contribution in [-0.4, -0.2) is 12.5 Å². The summed E-state index contributed by atoms with van der Waals surface area (Å²) in [6.45, 7) is 2.79. The van der Waals surface area contributed by atoms with Crippen LogP contribution in [0.2, 0.25) is 0 Å². The Morgan fingerprint density at radius 1 is 1.44 bits per heavy atom. The number of amides is 1. The normalized spacial score (nSPS) is 17.7. The standard InChI is InChI=1S/C14H17BrFNO/c1-14(7-2-3-8-14)9-17-13(18)12-10(15)5-4-6-11(12)16/h4-6H,2-3,7-9H2,1H3,(H,17,18). The lowest BCUT2D eigenvalue weighted by molar-refractivity contribution is 0.0929. The summed E-state index contributed by atoms with van der Waals surface area (Å²) < 4.78 is 14.1. The number of nitrogens with one attached hydrogen (secondary N) is 1. The van der Waals surface area contributed by atoms with Gasteiger partial charge in [-0.05, 0) is 46.3 Å². The van der Waals surface area contributed by atoms with Gasteiger partial charge in [-0.1, -0.05) is 25.8 Å². The van der Waals surface area contributed by atoms with E-state index in [1.165, 1.54) is 18.9 Å². The minimum Gasteiger partial charge on any atom is -0.351 e. The van der Waals surface area contributed by atoms with E-state index < -0.39 is 5.82 Å². The number of halogens is 2. The lowest BCUT2D eigenvalue weighted by Gasteiger charge is -2.23. The molecule has 1 fully saturated rings. The first-order chi connectivity index (χ1) is 8.52. The molecule has 0 atom stereocenters. The first-order valence-corrected chi connectivity index (χ1v) is 7.03. The third kappa shape index (κ3) is 2.91. The zero-order valence-electron chi connectivity index (χ0n) is 10.4. The Labute approximate surface area is 115 Å². The van der Waals surface area contributed by atoms with Crippen molar-refractivity contribution < 1.29 is 9.18 Å². The zero-order chi connectivity index (χ0) is 13.2. The first-order valence-electron chi connectivity index (χ1n) is 6.24. The molecule has 2 rings (SSSR count). The van der Waals surface area contributed by atoms with E-state index in [1.54, 1.807) is 12.1 Å². The Morgan fingerprint density at radius 3 is 2.72 bits per heavy atom.